The molecule has 0 radical (unpaired) electrons. The summed E-state index contributed by atoms with van der Waals surface area (Å²) in [4.78, 5) is 14.1. The molecule has 1 aromatic rings. The van der Waals surface area contributed by atoms with Crippen LogP contribution >= 0.6 is 0 Å². The molecule has 1 amide bonds. The van der Waals surface area contributed by atoms with E-state index in [1.165, 1.54) is 18.2 Å². The smallest absolute Gasteiger partial charge is 0.254 e. The molecular formula is C14H20N2O3. The lowest BCUT2D eigenvalue weighted by atomic mass is 9.97. The quantitative estimate of drug-likeness (QED) is 0.766. The lowest BCUT2D eigenvalue weighted by Gasteiger charge is -2.32. The third-order valence-corrected chi connectivity index (χ3v) is 3.45. The van der Waals surface area contributed by atoms with Crippen molar-refractivity contribution in [3.05, 3.63) is 23.8 Å². The highest BCUT2D eigenvalue weighted by Gasteiger charge is 2.24. The Morgan fingerprint density at radius 3 is 2.68 bits per heavy atom. The molecule has 0 aromatic heterocycles. The predicted octanol–water partition coefficient (Wildman–Crippen LogP) is 1.17. The Hall–Kier alpha value is -1.75. The molecule has 0 saturated carbocycles. The molecule has 1 aromatic carbocycles. The fraction of sp³-hybridized carbons (Fsp3) is 0.500. The normalized spacial score (nSPS) is 19.4. The van der Waals surface area contributed by atoms with Crippen molar-refractivity contribution in [2.45, 2.75) is 12.8 Å². The lowest BCUT2D eigenvalue weighted by molar-refractivity contribution is 0.0673. The standard InChI is InChI=1S/C14H20N2O3/c1-15-8-10-3-2-4-16(9-10)14(19)11-5-12(17)7-13(18)6-11/h5-7,10,15,17-18H,2-4,8-9H2,1H3. The molecule has 0 aliphatic carbocycles. The van der Waals surface area contributed by atoms with Crippen molar-refractivity contribution in [2.24, 2.45) is 5.92 Å². The Balaban J connectivity index is 2.10. The van der Waals surface area contributed by atoms with Crippen LogP contribution in [0, 0.1) is 5.92 Å². The zero-order valence-electron chi connectivity index (χ0n) is 11.1. The number of aromatic hydroxyl groups is 2. The van der Waals surface area contributed by atoms with Crippen LogP contribution in [0.3, 0.4) is 0 Å². The topological polar surface area (TPSA) is 72.8 Å². The van der Waals surface area contributed by atoms with Gasteiger partial charge in [0.05, 0.1) is 0 Å². The summed E-state index contributed by atoms with van der Waals surface area (Å²) in [6.07, 6.45) is 2.11. The van der Waals surface area contributed by atoms with Crippen LogP contribution < -0.4 is 5.32 Å². The first-order valence-corrected chi connectivity index (χ1v) is 6.57. The van der Waals surface area contributed by atoms with Gasteiger partial charge in [-0.3, -0.25) is 4.79 Å². The second-order valence-electron chi connectivity index (χ2n) is 5.06. The number of hydrogen-bond donors (Lipinski definition) is 3. The molecule has 1 fully saturated rings. The van der Waals surface area contributed by atoms with Gasteiger partial charge in [0.25, 0.3) is 5.91 Å². The number of hydrogen-bond acceptors (Lipinski definition) is 4. The van der Waals surface area contributed by atoms with Gasteiger partial charge in [-0.15, -0.1) is 0 Å². The van der Waals surface area contributed by atoms with Gasteiger partial charge in [0.15, 0.2) is 0 Å². The van der Waals surface area contributed by atoms with Crippen molar-refractivity contribution in [2.75, 3.05) is 26.7 Å². The number of benzene rings is 1. The van der Waals surface area contributed by atoms with Gasteiger partial charge < -0.3 is 20.4 Å². The SMILES string of the molecule is CNCC1CCCN(C(=O)c2cc(O)cc(O)c2)C1. The van der Waals surface area contributed by atoms with Gasteiger partial charge in [0.1, 0.15) is 11.5 Å². The van der Waals surface area contributed by atoms with Gasteiger partial charge in [-0.2, -0.15) is 0 Å². The minimum absolute atomic E-state index is 0.0906. The van der Waals surface area contributed by atoms with Crippen molar-refractivity contribution in [3.63, 3.8) is 0 Å². The highest BCUT2D eigenvalue weighted by molar-refractivity contribution is 5.95. The number of carbonyl (C=O) groups excluding carboxylic acids is 1. The van der Waals surface area contributed by atoms with Crippen LogP contribution in [0.1, 0.15) is 23.2 Å². The number of likely N-dealkylation sites (tertiary alicyclic amines) is 1. The first-order chi connectivity index (χ1) is 9.10. The summed E-state index contributed by atoms with van der Waals surface area (Å²) in [5, 5.41) is 22.0. The Labute approximate surface area is 112 Å². The molecule has 0 bridgehead atoms. The first kappa shape index (κ1) is 13.7. The van der Waals surface area contributed by atoms with Gasteiger partial charge in [0, 0.05) is 24.7 Å². The zero-order valence-corrected chi connectivity index (χ0v) is 11.1. The summed E-state index contributed by atoms with van der Waals surface area (Å²) in [6, 6.07) is 4.00. The maximum atomic E-state index is 12.3. The molecule has 2 rings (SSSR count). The fourth-order valence-electron chi connectivity index (χ4n) is 2.61. The molecule has 1 saturated heterocycles. The fourth-order valence-corrected chi connectivity index (χ4v) is 2.61. The molecule has 1 aliphatic rings. The second kappa shape index (κ2) is 5.93. The van der Waals surface area contributed by atoms with Crippen LogP contribution in [0.15, 0.2) is 18.2 Å². The van der Waals surface area contributed by atoms with E-state index in [2.05, 4.69) is 5.32 Å². The van der Waals surface area contributed by atoms with Crippen LogP contribution in [0.2, 0.25) is 0 Å². The summed E-state index contributed by atoms with van der Waals surface area (Å²) < 4.78 is 0. The second-order valence-corrected chi connectivity index (χ2v) is 5.06. The summed E-state index contributed by atoms with van der Waals surface area (Å²) in [6.45, 7) is 2.35. The molecule has 5 nitrogen and oxygen atoms in total. The van der Waals surface area contributed by atoms with Crippen LogP contribution in [0.4, 0.5) is 0 Å². The monoisotopic (exact) mass is 264 g/mol. The van der Waals surface area contributed by atoms with E-state index in [1.54, 1.807) is 4.90 Å². The first-order valence-electron chi connectivity index (χ1n) is 6.57. The van der Waals surface area contributed by atoms with Crippen LogP contribution in [-0.4, -0.2) is 47.7 Å². The van der Waals surface area contributed by atoms with E-state index in [9.17, 15) is 15.0 Å². The van der Waals surface area contributed by atoms with Gasteiger partial charge in [0.2, 0.25) is 0 Å². The number of phenols is 2. The van der Waals surface area contributed by atoms with Gasteiger partial charge in [-0.25, -0.2) is 0 Å². The Morgan fingerprint density at radius 1 is 1.37 bits per heavy atom. The van der Waals surface area contributed by atoms with E-state index in [0.717, 1.165) is 32.5 Å². The average Bonchev–Trinajstić information content (AvgIpc) is 2.37. The molecule has 5 heteroatoms. The van der Waals surface area contributed by atoms with Crippen LogP contribution in [0.25, 0.3) is 0 Å². The van der Waals surface area contributed by atoms with Crippen molar-refractivity contribution in [1.29, 1.82) is 0 Å². The molecule has 1 aliphatic heterocycles. The van der Waals surface area contributed by atoms with E-state index < -0.39 is 0 Å². The van der Waals surface area contributed by atoms with Crippen molar-refractivity contribution < 1.29 is 15.0 Å². The number of amides is 1. The highest BCUT2D eigenvalue weighted by Crippen LogP contribution is 2.23. The molecule has 1 heterocycles. The van der Waals surface area contributed by atoms with Gasteiger partial charge in [-0.1, -0.05) is 0 Å². The number of phenolic OH excluding ortho intramolecular Hbond substituents is 2. The van der Waals surface area contributed by atoms with E-state index in [1.807, 2.05) is 7.05 Å². The minimum Gasteiger partial charge on any atom is -0.508 e. The Kier molecular flexibility index (Phi) is 4.27. The summed E-state index contributed by atoms with van der Waals surface area (Å²) in [5.41, 5.74) is 0.336. The largest absolute Gasteiger partial charge is 0.508 e. The van der Waals surface area contributed by atoms with Gasteiger partial charge >= 0.3 is 0 Å². The third-order valence-electron chi connectivity index (χ3n) is 3.45. The Morgan fingerprint density at radius 2 is 2.05 bits per heavy atom. The third kappa shape index (κ3) is 3.38. The van der Waals surface area contributed by atoms with Gasteiger partial charge in [-0.05, 0) is 44.5 Å². The molecule has 0 spiro atoms. The van der Waals surface area contributed by atoms with Crippen LogP contribution in [-0.2, 0) is 0 Å². The van der Waals surface area contributed by atoms with E-state index in [0.29, 0.717) is 11.5 Å². The minimum atomic E-state index is -0.132. The predicted molar refractivity (Wildman–Crippen MR) is 72.3 cm³/mol. The van der Waals surface area contributed by atoms with Crippen LogP contribution in [0.5, 0.6) is 11.5 Å². The van der Waals surface area contributed by atoms with E-state index in [4.69, 9.17) is 0 Å². The number of rotatable bonds is 3. The molecule has 3 N–H and O–H groups in total. The van der Waals surface area contributed by atoms with E-state index >= 15 is 0 Å². The Bertz CT molecular complexity index is 440. The molecular weight excluding hydrogens is 244 g/mol. The van der Waals surface area contributed by atoms with E-state index in [-0.39, 0.29) is 17.4 Å². The summed E-state index contributed by atoms with van der Waals surface area (Å²) >= 11 is 0. The average molecular weight is 264 g/mol. The lowest BCUT2D eigenvalue weighted by Crippen LogP contribution is -2.42. The molecule has 1 atom stereocenters. The molecule has 19 heavy (non-hydrogen) atoms. The number of nitrogens with zero attached hydrogens (tertiary/aromatic N) is 1. The summed E-state index contributed by atoms with van der Waals surface area (Å²) in [5.74, 6) is 0.153. The summed E-state index contributed by atoms with van der Waals surface area (Å²) in [7, 11) is 1.91. The maximum absolute atomic E-state index is 12.3. The number of piperidine rings is 1. The highest BCUT2D eigenvalue weighted by atomic mass is 16.3. The van der Waals surface area contributed by atoms with Crippen molar-refractivity contribution in [1.82, 2.24) is 10.2 Å². The van der Waals surface area contributed by atoms with Crippen molar-refractivity contribution in [3.8, 4) is 11.5 Å². The zero-order chi connectivity index (χ0) is 13.8. The number of nitrogens with one attached hydrogen (secondary N) is 1. The molecule has 1 unspecified atom stereocenters. The van der Waals surface area contributed by atoms with Crippen molar-refractivity contribution >= 4 is 5.91 Å². The molecule has 104 valence electrons. The number of carbonyl (C=O) groups is 1. The maximum Gasteiger partial charge on any atom is 0.254 e.